The number of rotatable bonds is 4. The lowest BCUT2D eigenvalue weighted by Gasteiger charge is -2.09. The smallest absolute Gasteiger partial charge is 0.505 e. The molecule has 0 spiro atoms. The molecule has 0 unspecified atom stereocenters. The van der Waals surface area contributed by atoms with Crippen LogP contribution in [0.2, 0.25) is 0 Å². The predicted molar refractivity (Wildman–Crippen MR) is 85.1 cm³/mol. The summed E-state index contributed by atoms with van der Waals surface area (Å²) in [6.07, 6.45) is 1.52. The van der Waals surface area contributed by atoms with Crippen LogP contribution >= 0.6 is 0 Å². The summed E-state index contributed by atoms with van der Waals surface area (Å²) in [5.74, 6) is 0.0957. The Morgan fingerprint density at radius 2 is 1.64 bits per heavy atom. The van der Waals surface area contributed by atoms with Crippen LogP contribution in [0.15, 0.2) is 66.7 Å². The van der Waals surface area contributed by atoms with E-state index in [-0.39, 0.29) is 5.76 Å². The van der Waals surface area contributed by atoms with Gasteiger partial charge in [-0.05, 0) is 12.1 Å². The van der Waals surface area contributed by atoms with Gasteiger partial charge in [0, 0.05) is 17.0 Å². The summed E-state index contributed by atoms with van der Waals surface area (Å²) < 4.78 is 29.9. The highest BCUT2D eigenvalue weighted by Gasteiger charge is 2.20. The quantitative estimate of drug-likeness (QED) is 0.515. The second-order valence-electron chi connectivity index (χ2n) is 4.68. The predicted octanol–water partition coefficient (Wildman–Crippen LogP) is 4.67. The number of hydrogen-bond donors (Lipinski definition) is 0. The Kier molecular flexibility index (Phi) is 4.14. The summed E-state index contributed by atoms with van der Waals surface area (Å²) in [6.45, 7) is 0. The summed E-state index contributed by atoms with van der Waals surface area (Å²) >= 11 is 0. The third kappa shape index (κ3) is 3.31. The van der Waals surface area contributed by atoms with Crippen molar-refractivity contribution in [1.29, 1.82) is 0 Å². The van der Waals surface area contributed by atoms with Crippen LogP contribution < -0.4 is 0 Å². The van der Waals surface area contributed by atoms with Crippen LogP contribution in [0.5, 0.6) is 0 Å². The molecule has 1 aromatic heterocycles. The Morgan fingerprint density at radius 3 is 2.41 bits per heavy atom. The molecule has 22 heavy (non-hydrogen) atoms. The Morgan fingerprint density at radius 1 is 0.909 bits per heavy atom. The van der Waals surface area contributed by atoms with Gasteiger partial charge in [0.25, 0.3) is 0 Å². The van der Waals surface area contributed by atoms with Crippen LogP contribution in [-0.2, 0) is 4.65 Å². The lowest BCUT2D eigenvalue weighted by Crippen LogP contribution is -2.04. The van der Waals surface area contributed by atoms with E-state index in [4.69, 9.17) is 0 Å². The topological polar surface area (TPSA) is 22.1 Å². The molecule has 2 nitrogen and oxygen atoms in total. The van der Waals surface area contributed by atoms with Crippen LogP contribution in [0.25, 0.3) is 22.7 Å². The standard InChI is InChI=1S/C17H12BF2NO/c19-18(20)22-17(14-7-2-1-3-8-14)12-15-11-10-13-6-4-5-9-16(13)21-15/h1-12H/b17-12+. The average Bonchev–Trinajstić information content (AvgIpc) is 2.54. The molecule has 0 atom stereocenters. The number of aromatic nitrogens is 1. The van der Waals surface area contributed by atoms with Crippen molar-refractivity contribution in [2.75, 3.05) is 0 Å². The number of para-hydroxylation sites is 1. The molecule has 5 heteroatoms. The molecule has 1 heterocycles. The van der Waals surface area contributed by atoms with Gasteiger partial charge in [0.15, 0.2) is 0 Å². The van der Waals surface area contributed by atoms with E-state index in [2.05, 4.69) is 9.64 Å². The third-order valence-electron chi connectivity index (χ3n) is 3.17. The first-order chi connectivity index (χ1) is 10.7. The number of benzene rings is 2. The van der Waals surface area contributed by atoms with E-state index in [0.717, 1.165) is 10.9 Å². The summed E-state index contributed by atoms with van der Waals surface area (Å²) in [4.78, 5) is 4.45. The fraction of sp³-hybridized carbons (Fsp3) is 0. The monoisotopic (exact) mass is 295 g/mol. The van der Waals surface area contributed by atoms with Crippen molar-refractivity contribution in [3.8, 4) is 0 Å². The largest absolute Gasteiger partial charge is 0.796 e. The number of pyridine rings is 1. The van der Waals surface area contributed by atoms with Crippen molar-refractivity contribution in [2.45, 2.75) is 0 Å². The lowest BCUT2D eigenvalue weighted by atomic mass is 10.1. The van der Waals surface area contributed by atoms with Crippen molar-refractivity contribution < 1.29 is 13.3 Å². The van der Waals surface area contributed by atoms with Crippen molar-refractivity contribution in [3.05, 3.63) is 78.0 Å². The minimum atomic E-state index is -2.88. The van der Waals surface area contributed by atoms with Gasteiger partial charge in [-0.3, -0.25) is 0 Å². The van der Waals surface area contributed by atoms with Gasteiger partial charge in [-0.1, -0.05) is 54.6 Å². The van der Waals surface area contributed by atoms with Gasteiger partial charge in [0.1, 0.15) is 5.76 Å². The Balaban J connectivity index is 2.03. The number of nitrogens with zero attached hydrogens (tertiary/aromatic N) is 1. The maximum absolute atomic E-state index is 12.6. The van der Waals surface area contributed by atoms with Crippen LogP contribution in [0.3, 0.4) is 0 Å². The van der Waals surface area contributed by atoms with E-state index in [0.29, 0.717) is 11.3 Å². The molecule has 0 fully saturated rings. The van der Waals surface area contributed by atoms with Crippen molar-refractivity contribution >= 4 is 30.2 Å². The molecule has 2 aromatic carbocycles. The fourth-order valence-electron chi connectivity index (χ4n) is 2.18. The molecule has 0 aliphatic rings. The highest BCUT2D eigenvalue weighted by atomic mass is 19.2. The Bertz CT molecular complexity index is 806. The van der Waals surface area contributed by atoms with E-state index in [9.17, 15) is 8.63 Å². The van der Waals surface area contributed by atoms with Crippen LogP contribution in [0.4, 0.5) is 8.63 Å². The molecular weight excluding hydrogens is 283 g/mol. The maximum atomic E-state index is 12.6. The molecule has 0 bridgehead atoms. The molecule has 0 aliphatic heterocycles. The molecule has 0 saturated carbocycles. The molecule has 3 rings (SSSR count). The van der Waals surface area contributed by atoms with E-state index in [1.807, 2.05) is 36.4 Å². The lowest BCUT2D eigenvalue weighted by molar-refractivity contribution is 0.398. The molecule has 0 radical (unpaired) electrons. The van der Waals surface area contributed by atoms with Crippen molar-refractivity contribution in [2.24, 2.45) is 0 Å². The maximum Gasteiger partial charge on any atom is 0.796 e. The number of fused-ring (bicyclic) bond motifs is 1. The first-order valence-electron chi connectivity index (χ1n) is 6.80. The summed E-state index contributed by atoms with van der Waals surface area (Å²) in [6, 6.07) is 20.1. The van der Waals surface area contributed by atoms with Crippen LogP contribution in [0.1, 0.15) is 11.3 Å². The zero-order valence-electron chi connectivity index (χ0n) is 11.6. The van der Waals surface area contributed by atoms with Crippen LogP contribution in [-0.4, -0.2) is 12.5 Å². The molecule has 3 aromatic rings. The van der Waals surface area contributed by atoms with Crippen molar-refractivity contribution in [1.82, 2.24) is 4.98 Å². The molecular formula is C17H12BF2NO. The number of hydrogen-bond acceptors (Lipinski definition) is 2. The summed E-state index contributed by atoms with van der Waals surface area (Å²) in [7, 11) is -2.88. The van der Waals surface area contributed by atoms with Gasteiger partial charge in [-0.2, -0.15) is 0 Å². The van der Waals surface area contributed by atoms with Crippen molar-refractivity contribution in [3.63, 3.8) is 0 Å². The highest BCUT2D eigenvalue weighted by molar-refractivity contribution is 6.36. The first kappa shape index (κ1) is 14.3. The SMILES string of the molecule is FB(F)O/C(=C/c1ccc2ccccc2n1)c1ccccc1. The molecule has 108 valence electrons. The first-order valence-corrected chi connectivity index (χ1v) is 6.80. The summed E-state index contributed by atoms with van der Waals surface area (Å²) in [5.41, 5.74) is 1.96. The minimum absolute atomic E-state index is 0.0957. The van der Waals surface area contributed by atoms with Gasteiger partial charge in [-0.15, -0.1) is 0 Å². The molecule has 0 aliphatic carbocycles. The van der Waals surface area contributed by atoms with Gasteiger partial charge >= 0.3 is 7.47 Å². The van der Waals surface area contributed by atoms with E-state index in [1.165, 1.54) is 6.08 Å². The van der Waals surface area contributed by atoms with Gasteiger partial charge in [0.05, 0.1) is 11.2 Å². The summed E-state index contributed by atoms with van der Waals surface area (Å²) in [5, 5.41) is 0.996. The zero-order valence-corrected chi connectivity index (χ0v) is 11.6. The molecule has 0 saturated heterocycles. The Labute approximate surface area is 127 Å². The van der Waals surface area contributed by atoms with Gasteiger partial charge < -0.3 is 4.65 Å². The fourth-order valence-corrected chi connectivity index (χ4v) is 2.18. The Hall–Kier alpha value is -2.69. The van der Waals surface area contributed by atoms with Gasteiger partial charge in [-0.25, -0.2) is 13.6 Å². The van der Waals surface area contributed by atoms with Gasteiger partial charge in [0.2, 0.25) is 0 Å². The second-order valence-corrected chi connectivity index (χ2v) is 4.68. The van der Waals surface area contributed by atoms with E-state index >= 15 is 0 Å². The minimum Gasteiger partial charge on any atom is -0.505 e. The second kappa shape index (κ2) is 6.39. The molecule has 0 amide bonds. The van der Waals surface area contributed by atoms with E-state index < -0.39 is 7.47 Å². The van der Waals surface area contributed by atoms with E-state index in [1.54, 1.807) is 30.3 Å². The number of halogens is 2. The zero-order chi connectivity index (χ0) is 15.4. The normalized spacial score (nSPS) is 11.5. The third-order valence-corrected chi connectivity index (χ3v) is 3.17. The highest BCUT2D eigenvalue weighted by Crippen LogP contribution is 2.21. The van der Waals surface area contributed by atoms with Crippen LogP contribution in [0, 0.1) is 0 Å². The molecule has 0 N–H and O–H groups in total. The average molecular weight is 295 g/mol.